The highest BCUT2D eigenvalue weighted by Crippen LogP contribution is 2.35. The molecule has 3 rings (SSSR count). The summed E-state index contributed by atoms with van der Waals surface area (Å²) in [5.41, 5.74) is 6.08. The number of likely N-dealkylation sites (tertiary alicyclic amines) is 1. The summed E-state index contributed by atoms with van der Waals surface area (Å²) >= 11 is 0. The summed E-state index contributed by atoms with van der Waals surface area (Å²) in [7, 11) is 0. The molecule has 136 valence electrons. The van der Waals surface area contributed by atoms with Crippen molar-refractivity contribution < 1.29 is 14.7 Å². The lowest BCUT2D eigenvalue weighted by Crippen LogP contribution is -2.59. The van der Waals surface area contributed by atoms with Crippen molar-refractivity contribution in [1.29, 1.82) is 0 Å². The maximum atomic E-state index is 13.1. The number of benzene rings is 1. The van der Waals surface area contributed by atoms with Crippen LogP contribution in [0.2, 0.25) is 0 Å². The Labute approximate surface area is 149 Å². The van der Waals surface area contributed by atoms with E-state index in [2.05, 4.69) is 0 Å². The fourth-order valence-corrected chi connectivity index (χ4v) is 4.49. The lowest BCUT2D eigenvalue weighted by molar-refractivity contribution is -0.157. The molecule has 2 fully saturated rings. The first-order chi connectivity index (χ1) is 12.0. The number of nitrogens with zero attached hydrogens (tertiary/aromatic N) is 1. The normalized spacial score (nSPS) is 25.7. The summed E-state index contributed by atoms with van der Waals surface area (Å²) in [6, 6.07) is 8.99. The van der Waals surface area contributed by atoms with E-state index >= 15 is 0 Å². The molecule has 2 aliphatic rings. The van der Waals surface area contributed by atoms with Crippen LogP contribution in [0.5, 0.6) is 0 Å². The molecule has 1 aliphatic heterocycles. The van der Waals surface area contributed by atoms with Crippen LogP contribution in [0.4, 0.5) is 0 Å². The number of amides is 1. The highest BCUT2D eigenvalue weighted by atomic mass is 16.4. The van der Waals surface area contributed by atoms with Crippen molar-refractivity contribution in [3.63, 3.8) is 0 Å². The second-order valence-electron chi connectivity index (χ2n) is 7.52. The molecule has 1 saturated carbocycles. The Morgan fingerprint density at radius 1 is 1.16 bits per heavy atom. The van der Waals surface area contributed by atoms with Crippen molar-refractivity contribution in [2.24, 2.45) is 11.7 Å². The van der Waals surface area contributed by atoms with Crippen molar-refractivity contribution in [3.05, 3.63) is 35.9 Å². The first kappa shape index (κ1) is 17.9. The first-order valence-electron chi connectivity index (χ1n) is 9.39. The Bertz CT molecular complexity index is 613. The lowest BCUT2D eigenvalue weighted by atomic mass is 9.82. The number of hydrogen-bond acceptors (Lipinski definition) is 3. The van der Waals surface area contributed by atoms with Crippen LogP contribution in [0, 0.1) is 5.92 Å². The molecule has 1 aromatic carbocycles. The van der Waals surface area contributed by atoms with Gasteiger partial charge in [-0.2, -0.15) is 0 Å². The van der Waals surface area contributed by atoms with E-state index in [-0.39, 0.29) is 11.8 Å². The molecule has 0 bridgehead atoms. The smallest absolute Gasteiger partial charge is 0.329 e. The van der Waals surface area contributed by atoms with Gasteiger partial charge in [-0.05, 0) is 37.2 Å². The molecule has 5 nitrogen and oxygen atoms in total. The van der Waals surface area contributed by atoms with Crippen LogP contribution in [0.3, 0.4) is 0 Å². The zero-order valence-electron chi connectivity index (χ0n) is 14.7. The third-order valence-electron chi connectivity index (χ3n) is 5.94. The number of aliphatic carboxylic acids is 1. The molecule has 25 heavy (non-hydrogen) atoms. The van der Waals surface area contributed by atoms with Gasteiger partial charge in [0.25, 0.3) is 0 Å². The fraction of sp³-hybridized carbons (Fsp3) is 0.600. The van der Waals surface area contributed by atoms with Crippen molar-refractivity contribution in [1.82, 2.24) is 4.90 Å². The Kier molecular flexibility index (Phi) is 5.42. The van der Waals surface area contributed by atoms with Gasteiger partial charge in [-0.3, -0.25) is 4.79 Å². The van der Waals surface area contributed by atoms with Crippen LogP contribution < -0.4 is 5.73 Å². The number of hydrogen-bond donors (Lipinski definition) is 2. The van der Waals surface area contributed by atoms with Crippen molar-refractivity contribution in [2.45, 2.75) is 62.9 Å². The van der Waals surface area contributed by atoms with E-state index in [0.717, 1.165) is 31.2 Å². The highest BCUT2D eigenvalue weighted by molar-refractivity contribution is 5.90. The standard InChI is InChI=1S/C20H28N2O3/c21-17(16-10-5-2-6-11-16)18(23)22-13-7-12-20(22,19(24)25)14-15-8-3-1-4-9-15/h1,3-4,8-9,16-17H,2,5-7,10-14,21H2,(H,24,25)/t17-,20-/m0/s1. The van der Waals surface area contributed by atoms with Gasteiger partial charge in [0.15, 0.2) is 0 Å². The third kappa shape index (κ3) is 3.56. The van der Waals surface area contributed by atoms with Gasteiger partial charge in [0.1, 0.15) is 5.54 Å². The van der Waals surface area contributed by atoms with Gasteiger partial charge >= 0.3 is 5.97 Å². The summed E-state index contributed by atoms with van der Waals surface area (Å²) in [4.78, 5) is 26.9. The van der Waals surface area contributed by atoms with Gasteiger partial charge in [-0.1, -0.05) is 49.6 Å². The average Bonchev–Trinajstić information content (AvgIpc) is 3.07. The fourth-order valence-electron chi connectivity index (χ4n) is 4.49. The van der Waals surface area contributed by atoms with Gasteiger partial charge in [0.05, 0.1) is 6.04 Å². The molecule has 0 radical (unpaired) electrons. The Morgan fingerprint density at radius 2 is 1.84 bits per heavy atom. The van der Waals surface area contributed by atoms with Gasteiger partial charge in [0, 0.05) is 13.0 Å². The van der Waals surface area contributed by atoms with Gasteiger partial charge in [-0.25, -0.2) is 4.79 Å². The molecule has 1 aromatic rings. The Hall–Kier alpha value is -1.88. The van der Waals surface area contributed by atoms with Crippen LogP contribution in [-0.2, 0) is 16.0 Å². The van der Waals surface area contributed by atoms with Crippen LogP contribution >= 0.6 is 0 Å². The number of carbonyl (C=O) groups is 2. The predicted octanol–water partition coefficient (Wildman–Crippen LogP) is 2.58. The molecular formula is C20H28N2O3. The van der Waals surface area contributed by atoms with E-state index in [0.29, 0.717) is 25.8 Å². The molecule has 3 N–H and O–H groups in total. The molecular weight excluding hydrogens is 316 g/mol. The summed E-state index contributed by atoms with van der Waals surface area (Å²) in [5, 5.41) is 10.0. The highest BCUT2D eigenvalue weighted by Gasteiger charge is 2.51. The van der Waals surface area contributed by atoms with Crippen LogP contribution in [0.15, 0.2) is 30.3 Å². The van der Waals surface area contributed by atoms with Gasteiger partial charge < -0.3 is 15.7 Å². The molecule has 0 spiro atoms. The minimum atomic E-state index is -1.16. The maximum absolute atomic E-state index is 13.1. The number of carbonyl (C=O) groups excluding carboxylic acids is 1. The molecule has 1 heterocycles. The zero-order valence-corrected chi connectivity index (χ0v) is 14.7. The zero-order chi connectivity index (χ0) is 17.9. The molecule has 0 aromatic heterocycles. The maximum Gasteiger partial charge on any atom is 0.329 e. The summed E-state index contributed by atoms with van der Waals surface area (Å²) in [6.07, 6.45) is 6.90. The van der Waals surface area contributed by atoms with Crippen LogP contribution in [0.25, 0.3) is 0 Å². The van der Waals surface area contributed by atoms with E-state index in [1.807, 2.05) is 30.3 Å². The minimum absolute atomic E-state index is 0.178. The molecule has 1 saturated heterocycles. The van der Waals surface area contributed by atoms with E-state index in [1.54, 1.807) is 4.90 Å². The second-order valence-corrected chi connectivity index (χ2v) is 7.52. The van der Waals surface area contributed by atoms with E-state index in [9.17, 15) is 14.7 Å². The lowest BCUT2D eigenvalue weighted by Gasteiger charge is -2.38. The average molecular weight is 344 g/mol. The van der Waals surface area contributed by atoms with Gasteiger partial charge in [-0.15, -0.1) is 0 Å². The van der Waals surface area contributed by atoms with Crippen molar-refractivity contribution in [2.75, 3.05) is 6.54 Å². The van der Waals surface area contributed by atoms with E-state index in [4.69, 9.17) is 5.73 Å². The molecule has 1 amide bonds. The predicted molar refractivity (Wildman–Crippen MR) is 96.0 cm³/mol. The topological polar surface area (TPSA) is 83.6 Å². The third-order valence-corrected chi connectivity index (χ3v) is 5.94. The summed E-state index contributed by atoms with van der Waals surface area (Å²) < 4.78 is 0. The van der Waals surface area contributed by atoms with E-state index in [1.165, 1.54) is 6.42 Å². The van der Waals surface area contributed by atoms with E-state index < -0.39 is 17.6 Å². The summed E-state index contributed by atoms with van der Waals surface area (Å²) in [5.74, 6) is -0.911. The van der Waals surface area contributed by atoms with Crippen molar-refractivity contribution in [3.8, 4) is 0 Å². The first-order valence-corrected chi connectivity index (χ1v) is 9.39. The van der Waals surface area contributed by atoms with Crippen LogP contribution in [-0.4, -0.2) is 40.0 Å². The molecule has 2 atom stereocenters. The summed E-state index contributed by atoms with van der Waals surface area (Å²) in [6.45, 7) is 0.485. The second kappa shape index (κ2) is 7.56. The Balaban J connectivity index is 1.82. The monoisotopic (exact) mass is 344 g/mol. The van der Waals surface area contributed by atoms with Crippen molar-refractivity contribution >= 4 is 11.9 Å². The number of nitrogens with two attached hydrogens (primary N) is 1. The minimum Gasteiger partial charge on any atom is -0.479 e. The number of carboxylic acids is 1. The van der Waals surface area contributed by atoms with Gasteiger partial charge in [0.2, 0.25) is 5.91 Å². The number of carboxylic acid groups (broad SMARTS) is 1. The molecule has 5 heteroatoms. The number of rotatable bonds is 5. The van der Waals surface area contributed by atoms with Crippen LogP contribution in [0.1, 0.15) is 50.5 Å². The largest absolute Gasteiger partial charge is 0.479 e. The SMILES string of the molecule is N[C@H](C(=O)N1CCC[C@]1(Cc1ccccc1)C(=O)O)C1CCCCC1. The molecule has 0 unspecified atom stereocenters. The molecule has 1 aliphatic carbocycles. The quantitative estimate of drug-likeness (QED) is 0.860. The Morgan fingerprint density at radius 3 is 2.48 bits per heavy atom.